The van der Waals surface area contributed by atoms with Crippen molar-refractivity contribution in [1.82, 2.24) is 15.6 Å². The van der Waals surface area contributed by atoms with Crippen LogP contribution in [-0.4, -0.2) is 44.1 Å². The number of para-hydroxylation sites is 1. The SMILES string of the molecule is CN=C(NCc1ccccc1OC)NCc1cccnc1N1CCCC(C(N)=O)C1.I. The highest BCUT2D eigenvalue weighted by atomic mass is 127. The Kier molecular flexibility index (Phi) is 9.83. The molecule has 0 spiro atoms. The minimum atomic E-state index is -0.240. The molecule has 3 rings (SSSR count). The van der Waals surface area contributed by atoms with Gasteiger partial charge in [0.05, 0.1) is 13.0 Å². The van der Waals surface area contributed by atoms with Gasteiger partial charge in [-0.25, -0.2) is 4.98 Å². The topological polar surface area (TPSA) is 105 Å². The van der Waals surface area contributed by atoms with E-state index < -0.39 is 0 Å². The van der Waals surface area contributed by atoms with Gasteiger partial charge in [0.2, 0.25) is 5.91 Å². The van der Waals surface area contributed by atoms with Crippen molar-refractivity contribution in [3.8, 4) is 5.75 Å². The standard InChI is InChI=1S/C22H30N6O2.HI/c1-24-22(26-13-16-7-3-4-10-19(16)30-2)27-14-17-8-5-11-25-21(17)28-12-6-9-18(15-28)20(23)29;/h3-5,7-8,10-11,18H,6,9,12-15H2,1-2H3,(H2,23,29)(H2,24,26,27);1H. The molecule has 0 bridgehead atoms. The van der Waals surface area contributed by atoms with Gasteiger partial charge in [0.15, 0.2) is 5.96 Å². The number of ether oxygens (including phenoxy) is 1. The van der Waals surface area contributed by atoms with E-state index >= 15 is 0 Å². The quantitative estimate of drug-likeness (QED) is 0.284. The first-order valence-electron chi connectivity index (χ1n) is 10.2. The molecule has 2 aromatic rings. The number of aliphatic imine (C=N–C) groups is 1. The molecule has 31 heavy (non-hydrogen) atoms. The van der Waals surface area contributed by atoms with Gasteiger partial charge in [0.25, 0.3) is 0 Å². The van der Waals surface area contributed by atoms with E-state index in [-0.39, 0.29) is 35.8 Å². The Hall–Kier alpha value is -2.56. The number of piperidine rings is 1. The number of carbonyl (C=O) groups is 1. The number of benzene rings is 1. The summed E-state index contributed by atoms with van der Waals surface area (Å²) in [6.07, 6.45) is 3.55. The summed E-state index contributed by atoms with van der Waals surface area (Å²) in [5, 5.41) is 6.66. The van der Waals surface area contributed by atoms with E-state index in [0.717, 1.165) is 42.1 Å². The van der Waals surface area contributed by atoms with E-state index in [1.165, 1.54) is 0 Å². The van der Waals surface area contributed by atoms with Crippen LogP contribution < -0.4 is 26.0 Å². The second-order valence-electron chi connectivity index (χ2n) is 7.26. The molecule has 8 nitrogen and oxygen atoms in total. The number of nitrogens with zero attached hydrogens (tertiary/aromatic N) is 3. The molecule has 0 radical (unpaired) electrons. The lowest BCUT2D eigenvalue weighted by atomic mass is 9.97. The zero-order chi connectivity index (χ0) is 21.3. The van der Waals surface area contributed by atoms with Crippen molar-refractivity contribution in [3.05, 3.63) is 53.7 Å². The molecule has 0 aliphatic carbocycles. The number of halogens is 1. The molecule has 1 atom stereocenters. The Balaban J connectivity index is 0.00000341. The number of rotatable bonds is 7. The van der Waals surface area contributed by atoms with Gasteiger partial charge in [-0.1, -0.05) is 24.3 Å². The summed E-state index contributed by atoms with van der Waals surface area (Å²) in [4.78, 5) is 22.7. The average molecular weight is 538 g/mol. The number of nitrogens with two attached hydrogens (primary N) is 1. The number of amides is 1. The van der Waals surface area contributed by atoms with Crippen molar-refractivity contribution in [2.75, 3.05) is 32.1 Å². The molecule has 0 saturated carbocycles. The van der Waals surface area contributed by atoms with Crippen LogP contribution in [0.3, 0.4) is 0 Å². The lowest BCUT2D eigenvalue weighted by molar-refractivity contribution is -0.122. The molecule has 1 aromatic carbocycles. The minimum absolute atomic E-state index is 0. The molecule has 1 aromatic heterocycles. The number of guanidine groups is 1. The second-order valence-corrected chi connectivity index (χ2v) is 7.26. The Morgan fingerprint density at radius 2 is 1.94 bits per heavy atom. The smallest absolute Gasteiger partial charge is 0.222 e. The summed E-state index contributed by atoms with van der Waals surface area (Å²) in [7, 11) is 3.41. The number of hydrogen-bond donors (Lipinski definition) is 3. The first-order chi connectivity index (χ1) is 14.6. The second kappa shape index (κ2) is 12.3. The summed E-state index contributed by atoms with van der Waals surface area (Å²) in [6.45, 7) is 2.64. The molecule has 1 aliphatic rings. The van der Waals surface area contributed by atoms with Crippen molar-refractivity contribution in [1.29, 1.82) is 0 Å². The van der Waals surface area contributed by atoms with Gasteiger partial charge in [-0.05, 0) is 25.0 Å². The molecular formula is C22H31IN6O2. The summed E-state index contributed by atoms with van der Waals surface area (Å²) in [5.74, 6) is 2.04. The first kappa shape index (κ1) is 24.7. The molecule has 2 heterocycles. The van der Waals surface area contributed by atoms with Crippen molar-refractivity contribution in [2.24, 2.45) is 16.6 Å². The predicted octanol–water partition coefficient (Wildman–Crippen LogP) is 2.28. The Morgan fingerprint density at radius 3 is 2.65 bits per heavy atom. The van der Waals surface area contributed by atoms with Crippen LogP contribution in [0.1, 0.15) is 24.0 Å². The van der Waals surface area contributed by atoms with Crippen LogP contribution in [-0.2, 0) is 17.9 Å². The van der Waals surface area contributed by atoms with Gasteiger partial charge in [0.1, 0.15) is 11.6 Å². The lowest BCUT2D eigenvalue weighted by Gasteiger charge is -2.33. The molecular weight excluding hydrogens is 507 g/mol. The van der Waals surface area contributed by atoms with Gasteiger partial charge in [-0.2, -0.15) is 0 Å². The zero-order valence-corrected chi connectivity index (χ0v) is 20.3. The fourth-order valence-corrected chi connectivity index (χ4v) is 3.68. The largest absolute Gasteiger partial charge is 0.496 e. The van der Waals surface area contributed by atoms with Crippen LogP contribution in [0.5, 0.6) is 5.75 Å². The highest BCUT2D eigenvalue weighted by Crippen LogP contribution is 2.24. The van der Waals surface area contributed by atoms with Gasteiger partial charge >= 0.3 is 0 Å². The number of carbonyl (C=O) groups excluding carboxylic acids is 1. The van der Waals surface area contributed by atoms with Crippen LogP contribution in [0, 0.1) is 5.92 Å². The van der Waals surface area contributed by atoms with E-state index in [1.807, 2.05) is 36.4 Å². The fourth-order valence-electron chi connectivity index (χ4n) is 3.68. The van der Waals surface area contributed by atoms with Gasteiger partial charge in [-0.3, -0.25) is 9.79 Å². The minimum Gasteiger partial charge on any atom is -0.496 e. The Labute approximate surface area is 200 Å². The third kappa shape index (κ3) is 6.71. The summed E-state index contributed by atoms with van der Waals surface area (Å²) in [5.41, 5.74) is 7.63. The van der Waals surface area contributed by atoms with Crippen molar-refractivity contribution >= 4 is 41.7 Å². The summed E-state index contributed by atoms with van der Waals surface area (Å²) >= 11 is 0. The number of nitrogens with one attached hydrogen (secondary N) is 2. The third-order valence-electron chi connectivity index (χ3n) is 5.30. The Bertz CT molecular complexity index is 892. The Morgan fingerprint density at radius 1 is 1.23 bits per heavy atom. The normalized spacial score (nSPS) is 16.3. The number of aromatic nitrogens is 1. The molecule has 4 N–H and O–H groups in total. The molecule has 1 saturated heterocycles. The van der Waals surface area contributed by atoms with E-state index in [0.29, 0.717) is 25.6 Å². The molecule has 9 heteroatoms. The molecule has 1 aliphatic heterocycles. The maximum Gasteiger partial charge on any atom is 0.222 e. The van der Waals surface area contributed by atoms with Crippen molar-refractivity contribution < 1.29 is 9.53 Å². The van der Waals surface area contributed by atoms with Gasteiger partial charge in [-0.15, -0.1) is 24.0 Å². The molecule has 1 unspecified atom stereocenters. The van der Waals surface area contributed by atoms with Crippen LogP contribution in [0.2, 0.25) is 0 Å². The average Bonchev–Trinajstić information content (AvgIpc) is 2.79. The van der Waals surface area contributed by atoms with Gasteiger partial charge < -0.3 is 26.0 Å². The first-order valence-corrected chi connectivity index (χ1v) is 10.2. The molecule has 1 amide bonds. The number of methoxy groups -OCH3 is 1. The highest BCUT2D eigenvalue weighted by molar-refractivity contribution is 14.0. The van der Waals surface area contributed by atoms with E-state index in [4.69, 9.17) is 10.5 Å². The van der Waals surface area contributed by atoms with Crippen molar-refractivity contribution in [3.63, 3.8) is 0 Å². The van der Waals surface area contributed by atoms with E-state index in [9.17, 15) is 4.79 Å². The molecule has 1 fully saturated rings. The van der Waals surface area contributed by atoms with E-state index in [2.05, 4.69) is 25.5 Å². The zero-order valence-electron chi connectivity index (χ0n) is 18.0. The number of primary amides is 1. The highest BCUT2D eigenvalue weighted by Gasteiger charge is 2.25. The fraction of sp³-hybridized carbons (Fsp3) is 0.409. The maximum atomic E-state index is 11.6. The van der Waals surface area contributed by atoms with Crippen LogP contribution >= 0.6 is 24.0 Å². The maximum absolute atomic E-state index is 11.6. The lowest BCUT2D eigenvalue weighted by Crippen LogP contribution is -2.42. The number of hydrogen-bond acceptors (Lipinski definition) is 5. The van der Waals surface area contributed by atoms with Crippen molar-refractivity contribution in [2.45, 2.75) is 25.9 Å². The van der Waals surface area contributed by atoms with Crippen LogP contribution in [0.25, 0.3) is 0 Å². The van der Waals surface area contributed by atoms with Crippen LogP contribution in [0.15, 0.2) is 47.6 Å². The third-order valence-corrected chi connectivity index (χ3v) is 5.30. The number of pyridine rings is 1. The van der Waals surface area contributed by atoms with E-state index in [1.54, 1.807) is 20.4 Å². The summed E-state index contributed by atoms with van der Waals surface area (Å²) in [6, 6.07) is 11.8. The van der Waals surface area contributed by atoms with Gasteiger partial charge in [0, 0.05) is 50.6 Å². The predicted molar refractivity (Wildman–Crippen MR) is 134 cm³/mol. The van der Waals surface area contributed by atoms with Crippen LogP contribution in [0.4, 0.5) is 5.82 Å². The summed E-state index contributed by atoms with van der Waals surface area (Å²) < 4.78 is 5.40. The monoisotopic (exact) mass is 538 g/mol. The number of anilines is 1. The molecule has 168 valence electrons.